The van der Waals surface area contributed by atoms with Crippen LogP contribution in [0.2, 0.25) is 0 Å². The second-order valence-electron chi connectivity index (χ2n) is 4.97. The number of carboxylic acid groups (broad SMARTS) is 1. The number of hydrogen-bond acceptors (Lipinski definition) is 3. The minimum absolute atomic E-state index is 0.0128. The van der Waals surface area contributed by atoms with E-state index < -0.39 is 5.97 Å². The summed E-state index contributed by atoms with van der Waals surface area (Å²) in [5.41, 5.74) is 1.07. The number of amides is 1. The van der Waals surface area contributed by atoms with E-state index in [0.717, 1.165) is 16.2 Å². The van der Waals surface area contributed by atoms with Gasteiger partial charge in [0.25, 0.3) is 0 Å². The Morgan fingerprint density at radius 1 is 1.45 bits per heavy atom. The number of carboxylic acids is 1. The van der Waals surface area contributed by atoms with Crippen molar-refractivity contribution in [3.63, 3.8) is 0 Å². The summed E-state index contributed by atoms with van der Waals surface area (Å²) in [5, 5.41) is 8.89. The highest BCUT2D eigenvalue weighted by atomic mass is 32.2. The van der Waals surface area contributed by atoms with Gasteiger partial charge in [-0.3, -0.25) is 9.59 Å². The highest BCUT2D eigenvalue weighted by Crippen LogP contribution is 2.40. The van der Waals surface area contributed by atoms with E-state index >= 15 is 0 Å². The molecule has 1 aromatic rings. The predicted molar refractivity (Wildman–Crippen MR) is 79.0 cm³/mol. The molecular weight excluding hydrogens is 274 g/mol. The van der Waals surface area contributed by atoms with E-state index in [1.165, 1.54) is 0 Å². The molecule has 2 rings (SSSR count). The molecule has 2 atom stereocenters. The second kappa shape index (κ2) is 6.31. The lowest BCUT2D eigenvalue weighted by Gasteiger charge is -2.29. The molecule has 0 aliphatic carbocycles. The van der Waals surface area contributed by atoms with Crippen LogP contribution in [0.25, 0.3) is 0 Å². The first-order valence-electron chi connectivity index (χ1n) is 6.78. The van der Waals surface area contributed by atoms with Gasteiger partial charge in [0, 0.05) is 23.2 Å². The third kappa shape index (κ3) is 2.98. The fraction of sp³-hybridized carbons (Fsp3) is 0.467. The zero-order valence-electron chi connectivity index (χ0n) is 11.7. The Morgan fingerprint density at radius 2 is 2.15 bits per heavy atom. The molecule has 1 amide bonds. The first-order valence-corrected chi connectivity index (χ1v) is 7.77. The van der Waals surface area contributed by atoms with E-state index in [-0.39, 0.29) is 24.3 Å². The monoisotopic (exact) mass is 293 g/mol. The standard InChI is InChI=1S/C15H19NO3S/c1-3-16(10(2)8-14(17)18)15(19)12-9-20-13-7-5-4-6-11(12)13/h4-7,10,12H,3,8-9H2,1-2H3,(H,17,18). The number of rotatable bonds is 5. The first-order chi connectivity index (χ1) is 9.54. The molecule has 0 spiro atoms. The van der Waals surface area contributed by atoms with Crippen LogP contribution < -0.4 is 0 Å². The van der Waals surface area contributed by atoms with Crippen LogP contribution >= 0.6 is 11.8 Å². The average Bonchev–Trinajstić information content (AvgIpc) is 2.82. The summed E-state index contributed by atoms with van der Waals surface area (Å²) in [4.78, 5) is 26.4. The summed E-state index contributed by atoms with van der Waals surface area (Å²) in [6.07, 6.45) is -0.0128. The van der Waals surface area contributed by atoms with Gasteiger partial charge in [0.2, 0.25) is 5.91 Å². The van der Waals surface area contributed by atoms with Crippen LogP contribution in [-0.2, 0) is 9.59 Å². The Hall–Kier alpha value is -1.49. The Balaban J connectivity index is 2.16. The summed E-state index contributed by atoms with van der Waals surface area (Å²) in [5.74, 6) is -0.231. The zero-order chi connectivity index (χ0) is 14.7. The van der Waals surface area contributed by atoms with Gasteiger partial charge in [-0.2, -0.15) is 0 Å². The lowest BCUT2D eigenvalue weighted by atomic mass is 9.99. The maximum absolute atomic E-state index is 12.7. The molecule has 1 heterocycles. The van der Waals surface area contributed by atoms with Crippen molar-refractivity contribution in [1.29, 1.82) is 0 Å². The Kier molecular flexibility index (Phi) is 4.70. The molecule has 0 radical (unpaired) electrons. The van der Waals surface area contributed by atoms with Crippen molar-refractivity contribution in [1.82, 2.24) is 4.90 Å². The molecule has 0 saturated heterocycles. The summed E-state index contributed by atoms with van der Waals surface area (Å²) in [6, 6.07) is 7.67. The minimum Gasteiger partial charge on any atom is -0.481 e. The molecule has 1 N–H and O–H groups in total. The highest BCUT2D eigenvalue weighted by Gasteiger charge is 2.33. The van der Waals surface area contributed by atoms with E-state index in [4.69, 9.17) is 5.11 Å². The summed E-state index contributed by atoms with van der Waals surface area (Å²) in [6.45, 7) is 4.23. The lowest BCUT2D eigenvalue weighted by molar-refractivity contribution is -0.140. The van der Waals surface area contributed by atoms with Crippen molar-refractivity contribution in [2.45, 2.75) is 37.1 Å². The zero-order valence-corrected chi connectivity index (χ0v) is 12.5. The summed E-state index contributed by atoms with van der Waals surface area (Å²) < 4.78 is 0. The Morgan fingerprint density at radius 3 is 2.80 bits per heavy atom. The fourth-order valence-corrected chi connectivity index (χ4v) is 3.83. The van der Waals surface area contributed by atoms with Crippen molar-refractivity contribution in [3.05, 3.63) is 29.8 Å². The maximum Gasteiger partial charge on any atom is 0.305 e. The van der Waals surface area contributed by atoms with Crippen molar-refractivity contribution in [2.75, 3.05) is 12.3 Å². The molecule has 0 saturated carbocycles. The fourth-order valence-electron chi connectivity index (χ4n) is 2.61. The normalized spacial score (nSPS) is 18.4. The smallest absolute Gasteiger partial charge is 0.305 e. The molecule has 1 aliphatic heterocycles. The van der Waals surface area contributed by atoms with E-state index in [1.807, 2.05) is 31.2 Å². The number of fused-ring (bicyclic) bond motifs is 1. The molecule has 1 aliphatic rings. The molecule has 20 heavy (non-hydrogen) atoms. The summed E-state index contributed by atoms with van der Waals surface area (Å²) in [7, 11) is 0. The molecule has 108 valence electrons. The topological polar surface area (TPSA) is 57.6 Å². The molecule has 2 unspecified atom stereocenters. The van der Waals surface area contributed by atoms with Crippen LogP contribution in [0, 0.1) is 0 Å². The Bertz CT molecular complexity index is 518. The van der Waals surface area contributed by atoms with Gasteiger partial charge in [0.05, 0.1) is 12.3 Å². The number of carbonyl (C=O) groups is 2. The van der Waals surface area contributed by atoms with Crippen LogP contribution in [0.4, 0.5) is 0 Å². The highest BCUT2D eigenvalue weighted by molar-refractivity contribution is 7.99. The van der Waals surface area contributed by atoms with E-state index in [2.05, 4.69) is 0 Å². The molecule has 5 heteroatoms. The number of hydrogen-bond donors (Lipinski definition) is 1. The number of aliphatic carboxylic acids is 1. The molecule has 0 aromatic heterocycles. The van der Waals surface area contributed by atoms with Gasteiger partial charge in [-0.05, 0) is 25.5 Å². The maximum atomic E-state index is 12.7. The van der Waals surface area contributed by atoms with Crippen molar-refractivity contribution in [3.8, 4) is 0 Å². The predicted octanol–water partition coefficient (Wildman–Crippen LogP) is 2.59. The quantitative estimate of drug-likeness (QED) is 0.906. The van der Waals surface area contributed by atoms with Crippen LogP contribution in [0.5, 0.6) is 0 Å². The number of benzene rings is 1. The van der Waals surface area contributed by atoms with Gasteiger partial charge in [0.1, 0.15) is 0 Å². The van der Waals surface area contributed by atoms with Gasteiger partial charge in [-0.15, -0.1) is 11.8 Å². The van der Waals surface area contributed by atoms with Crippen LogP contribution in [0.3, 0.4) is 0 Å². The van der Waals surface area contributed by atoms with E-state index in [1.54, 1.807) is 23.6 Å². The van der Waals surface area contributed by atoms with Gasteiger partial charge in [-0.1, -0.05) is 18.2 Å². The van der Waals surface area contributed by atoms with Crippen molar-refractivity contribution < 1.29 is 14.7 Å². The lowest BCUT2D eigenvalue weighted by Crippen LogP contribution is -2.42. The van der Waals surface area contributed by atoms with Gasteiger partial charge in [0.15, 0.2) is 0 Å². The molecular formula is C15H19NO3S. The third-order valence-electron chi connectivity index (χ3n) is 3.62. The van der Waals surface area contributed by atoms with Gasteiger partial charge in [-0.25, -0.2) is 0 Å². The van der Waals surface area contributed by atoms with Crippen LogP contribution in [0.1, 0.15) is 31.7 Å². The summed E-state index contributed by atoms with van der Waals surface area (Å²) >= 11 is 1.69. The number of carbonyl (C=O) groups excluding carboxylic acids is 1. The van der Waals surface area contributed by atoms with Crippen LogP contribution in [0.15, 0.2) is 29.2 Å². The van der Waals surface area contributed by atoms with Crippen molar-refractivity contribution >= 4 is 23.6 Å². The minimum atomic E-state index is -0.870. The van der Waals surface area contributed by atoms with E-state index in [9.17, 15) is 9.59 Å². The first kappa shape index (κ1) is 14.9. The number of likely N-dealkylation sites (N-methyl/N-ethyl adjacent to an activating group) is 1. The van der Waals surface area contributed by atoms with Gasteiger partial charge < -0.3 is 10.0 Å². The second-order valence-corrected chi connectivity index (χ2v) is 6.03. The Labute approximate surface area is 123 Å². The molecule has 1 aromatic carbocycles. The molecule has 0 fully saturated rings. The average molecular weight is 293 g/mol. The van der Waals surface area contributed by atoms with Crippen LogP contribution in [-0.4, -0.2) is 40.2 Å². The SMILES string of the molecule is CCN(C(=O)C1CSc2ccccc21)C(C)CC(=O)O. The number of thioether (sulfide) groups is 1. The van der Waals surface area contributed by atoms with Gasteiger partial charge >= 0.3 is 5.97 Å². The molecule has 0 bridgehead atoms. The number of nitrogens with zero attached hydrogens (tertiary/aromatic N) is 1. The largest absolute Gasteiger partial charge is 0.481 e. The van der Waals surface area contributed by atoms with Crippen molar-refractivity contribution in [2.24, 2.45) is 0 Å². The van der Waals surface area contributed by atoms with E-state index in [0.29, 0.717) is 6.54 Å². The molecule has 4 nitrogen and oxygen atoms in total. The third-order valence-corrected chi connectivity index (χ3v) is 4.81.